The summed E-state index contributed by atoms with van der Waals surface area (Å²) in [5.41, 5.74) is 0.151. The molecule has 37 heavy (non-hydrogen) atoms. The minimum Gasteiger partial charge on any atom is -0.507 e. The molecule has 2 aliphatic rings. The zero-order valence-corrected chi connectivity index (χ0v) is 25.7. The van der Waals surface area contributed by atoms with E-state index in [1.54, 1.807) is 6.21 Å². The average Bonchev–Trinajstić information content (AvgIpc) is 3.00. The zero-order valence-electron chi connectivity index (χ0n) is 22.6. The number of carbonyl (C=O) groups excluding carboxylic acids is 2. The Labute approximate surface area is 238 Å². The normalized spacial score (nSPS) is 25.8. The Morgan fingerprint density at radius 3 is 2.08 bits per heavy atom. The third kappa shape index (κ3) is 5.74. The highest BCUT2D eigenvalue weighted by Crippen LogP contribution is 2.56. The van der Waals surface area contributed by atoms with E-state index in [2.05, 4.69) is 4.99 Å². The van der Waals surface area contributed by atoms with E-state index in [1.165, 1.54) is 23.8 Å². The number of methoxy groups -OCH3 is 1. The van der Waals surface area contributed by atoms with Gasteiger partial charge in [0.2, 0.25) is 3.79 Å². The highest BCUT2D eigenvalue weighted by Gasteiger charge is 2.73. The number of benzene rings is 1. The second-order valence-corrected chi connectivity index (χ2v) is 16.3. The van der Waals surface area contributed by atoms with E-state index in [0.717, 1.165) is 16.7 Å². The molecule has 2 aliphatic heterocycles. The lowest BCUT2D eigenvalue weighted by atomic mass is 9.78. The molecule has 0 saturated carbocycles. The van der Waals surface area contributed by atoms with Crippen molar-refractivity contribution in [1.82, 2.24) is 4.90 Å². The number of fused-ring (bicyclic) bond motifs is 1. The molecule has 1 N–H and O–H groups in total. The van der Waals surface area contributed by atoms with Crippen LogP contribution in [0.2, 0.25) is 0 Å². The third-order valence-electron chi connectivity index (χ3n) is 6.55. The second kappa shape index (κ2) is 9.77. The maximum absolute atomic E-state index is 13.5. The molecule has 2 fully saturated rings. The molecule has 7 nitrogen and oxygen atoms in total. The topological polar surface area (TPSA) is 88.4 Å². The molecule has 0 aromatic heterocycles. The minimum absolute atomic E-state index is 0.258. The van der Waals surface area contributed by atoms with Crippen LogP contribution in [-0.4, -0.2) is 67.5 Å². The van der Waals surface area contributed by atoms with Crippen LogP contribution >= 0.6 is 46.6 Å². The van der Waals surface area contributed by atoms with Crippen LogP contribution in [0.5, 0.6) is 5.75 Å². The summed E-state index contributed by atoms with van der Waals surface area (Å²) >= 11 is 18.6. The fraction of sp³-hybridized carbons (Fsp3) is 0.654. The highest BCUT2D eigenvalue weighted by atomic mass is 35.6. The number of phenols is 1. The number of aliphatic imine (C=N–C) groups is 1. The van der Waals surface area contributed by atoms with E-state index in [4.69, 9.17) is 44.3 Å². The molecule has 11 heteroatoms. The summed E-state index contributed by atoms with van der Waals surface area (Å²) in [5.74, 6) is -0.846. The molecule has 206 valence electrons. The second-order valence-electron chi connectivity index (χ2n) is 12.0. The molecule has 1 aromatic carbocycles. The predicted octanol–water partition coefficient (Wildman–Crippen LogP) is 5.72. The molecule has 3 rings (SSSR count). The first-order chi connectivity index (χ1) is 16.7. The van der Waals surface area contributed by atoms with Gasteiger partial charge in [0.15, 0.2) is 0 Å². The number of rotatable bonds is 5. The molecule has 3 atom stereocenters. The van der Waals surface area contributed by atoms with Gasteiger partial charge in [0.1, 0.15) is 23.8 Å². The van der Waals surface area contributed by atoms with Gasteiger partial charge in [-0.05, 0) is 42.4 Å². The first-order valence-corrected chi connectivity index (χ1v) is 13.9. The Morgan fingerprint density at radius 2 is 1.65 bits per heavy atom. The van der Waals surface area contributed by atoms with Gasteiger partial charge < -0.3 is 19.5 Å². The van der Waals surface area contributed by atoms with E-state index in [9.17, 15) is 14.7 Å². The van der Waals surface area contributed by atoms with Gasteiger partial charge in [-0.1, -0.05) is 76.3 Å². The quantitative estimate of drug-likeness (QED) is 0.203. The van der Waals surface area contributed by atoms with Gasteiger partial charge in [0.05, 0.1) is 0 Å². The van der Waals surface area contributed by atoms with Gasteiger partial charge in [-0.15, -0.1) is 11.8 Å². The number of hydrogen-bond acceptors (Lipinski definition) is 7. The van der Waals surface area contributed by atoms with Crippen LogP contribution in [0.25, 0.3) is 0 Å². The van der Waals surface area contributed by atoms with Crippen molar-refractivity contribution in [3.8, 4) is 5.75 Å². The van der Waals surface area contributed by atoms with Crippen LogP contribution in [0.15, 0.2) is 17.1 Å². The SMILES string of the molecule is CO[C@@]1(N=Cc2cc(C(C)(C)C)c(O)c(C(C)(C)C)c2)C(=O)N2[C@@H](C(=O)OCC(Cl)(Cl)Cl)C(C)(C)S[C@@H]21. The largest absolute Gasteiger partial charge is 0.507 e. The van der Waals surface area contributed by atoms with E-state index in [-0.39, 0.29) is 16.6 Å². The lowest BCUT2D eigenvalue weighted by Crippen LogP contribution is -2.73. The minimum atomic E-state index is -1.76. The number of carbonyl (C=O) groups is 2. The molecule has 1 amide bonds. The van der Waals surface area contributed by atoms with Crippen LogP contribution in [0.4, 0.5) is 0 Å². The number of ether oxygens (including phenoxy) is 2. The Kier molecular flexibility index (Phi) is 8.02. The number of phenolic OH excluding ortho intramolecular Hbond substituents is 1. The number of alkyl halides is 3. The van der Waals surface area contributed by atoms with Crippen LogP contribution in [0, 0.1) is 0 Å². The fourth-order valence-corrected chi connectivity index (χ4v) is 6.46. The lowest BCUT2D eigenvalue weighted by molar-refractivity contribution is -0.192. The number of thioether (sulfide) groups is 1. The summed E-state index contributed by atoms with van der Waals surface area (Å²) < 4.78 is 8.46. The molecule has 0 spiro atoms. The van der Waals surface area contributed by atoms with Gasteiger partial charge in [0.25, 0.3) is 11.6 Å². The first-order valence-electron chi connectivity index (χ1n) is 11.9. The maximum atomic E-state index is 13.5. The summed E-state index contributed by atoms with van der Waals surface area (Å²) in [6, 6.07) is 2.86. The van der Waals surface area contributed by atoms with E-state index in [1.807, 2.05) is 67.5 Å². The zero-order chi connectivity index (χ0) is 28.4. The van der Waals surface area contributed by atoms with Crippen molar-refractivity contribution in [3.05, 3.63) is 28.8 Å². The molecule has 0 aliphatic carbocycles. The summed E-state index contributed by atoms with van der Waals surface area (Å²) in [4.78, 5) is 32.5. The van der Waals surface area contributed by atoms with E-state index >= 15 is 0 Å². The Balaban J connectivity index is 1.97. The summed E-state index contributed by atoms with van der Waals surface area (Å²) in [7, 11) is 1.42. The van der Waals surface area contributed by atoms with Crippen molar-refractivity contribution in [2.24, 2.45) is 4.99 Å². The number of amides is 1. The van der Waals surface area contributed by atoms with Crippen LogP contribution < -0.4 is 0 Å². The van der Waals surface area contributed by atoms with Gasteiger partial charge in [-0.25, -0.2) is 9.79 Å². The first kappa shape index (κ1) is 30.4. The van der Waals surface area contributed by atoms with Crippen molar-refractivity contribution in [2.45, 2.75) is 91.9 Å². The van der Waals surface area contributed by atoms with Gasteiger partial charge in [0, 0.05) is 29.2 Å². The van der Waals surface area contributed by atoms with Crippen molar-refractivity contribution >= 4 is 64.7 Å². The van der Waals surface area contributed by atoms with Crippen LogP contribution in [-0.2, 0) is 29.9 Å². The molecule has 2 heterocycles. The number of aromatic hydroxyl groups is 1. The molecular formula is C26H35Cl3N2O5S. The standard InChI is InChI=1S/C26H35Cl3N2O5S/c1-22(2,3)15-10-14(11-16(17(15)32)23(4,5)6)12-30-26(35-9)20(34)31-18(24(7,8)37-21(26)31)19(33)36-13-25(27,28)29/h10-12,18,21,32H,13H2,1-9H3/t18-,21+,26-/m0/s1. The number of halogens is 3. The molecule has 0 bridgehead atoms. The number of β-lactam (4-membered cyclic amide) rings is 1. The van der Waals surface area contributed by atoms with Gasteiger partial charge in [-0.3, -0.25) is 4.79 Å². The average molecular weight is 594 g/mol. The highest BCUT2D eigenvalue weighted by molar-refractivity contribution is 8.01. The van der Waals surface area contributed by atoms with Crippen molar-refractivity contribution < 1.29 is 24.2 Å². The number of hydrogen-bond donors (Lipinski definition) is 1. The van der Waals surface area contributed by atoms with E-state index < -0.39 is 44.2 Å². The summed E-state index contributed by atoms with van der Waals surface area (Å²) in [6.45, 7) is 15.4. The fourth-order valence-electron chi connectivity index (χ4n) is 4.63. The number of nitrogens with zero attached hydrogens (tertiary/aromatic N) is 2. The van der Waals surface area contributed by atoms with E-state index in [0.29, 0.717) is 0 Å². The smallest absolute Gasteiger partial charge is 0.330 e. The molecule has 2 saturated heterocycles. The number of esters is 1. The molecular weight excluding hydrogens is 559 g/mol. The van der Waals surface area contributed by atoms with Crippen LogP contribution in [0.3, 0.4) is 0 Å². The summed E-state index contributed by atoms with van der Waals surface area (Å²) in [6.07, 6.45) is 1.60. The summed E-state index contributed by atoms with van der Waals surface area (Å²) in [5, 5.41) is 10.5. The molecule has 0 unspecified atom stereocenters. The maximum Gasteiger partial charge on any atom is 0.330 e. The van der Waals surface area contributed by atoms with Crippen molar-refractivity contribution in [3.63, 3.8) is 0 Å². The molecule has 0 radical (unpaired) electrons. The molecule has 1 aromatic rings. The van der Waals surface area contributed by atoms with Crippen molar-refractivity contribution in [1.29, 1.82) is 0 Å². The Hall–Kier alpha value is -1.19. The van der Waals surface area contributed by atoms with Gasteiger partial charge >= 0.3 is 5.97 Å². The van der Waals surface area contributed by atoms with Crippen LogP contribution in [0.1, 0.15) is 72.1 Å². The predicted molar refractivity (Wildman–Crippen MR) is 150 cm³/mol. The monoisotopic (exact) mass is 592 g/mol. The van der Waals surface area contributed by atoms with Gasteiger partial charge in [-0.2, -0.15) is 0 Å². The third-order valence-corrected chi connectivity index (χ3v) is 8.47. The van der Waals surface area contributed by atoms with Crippen molar-refractivity contribution in [2.75, 3.05) is 13.7 Å². The Bertz CT molecular complexity index is 1090. The Morgan fingerprint density at radius 1 is 1.14 bits per heavy atom. The lowest BCUT2D eigenvalue weighted by Gasteiger charge is -2.49.